The van der Waals surface area contributed by atoms with Crippen LogP contribution in [-0.2, 0) is 0 Å². The van der Waals surface area contributed by atoms with Crippen LogP contribution in [0, 0.1) is 17.7 Å². The lowest BCUT2D eigenvalue weighted by atomic mass is 9.87. The van der Waals surface area contributed by atoms with Crippen LogP contribution >= 0.6 is 0 Å². The minimum atomic E-state index is 0.128. The molecule has 0 aromatic heterocycles. The molecule has 1 aromatic carbocycles. The van der Waals surface area contributed by atoms with Crippen LogP contribution in [0.3, 0.4) is 0 Å². The first-order valence-corrected chi connectivity index (χ1v) is 5.62. The summed E-state index contributed by atoms with van der Waals surface area (Å²) >= 11 is 0. The molecule has 0 bridgehead atoms. The van der Waals surface area contributed by atoms with Gasteiger partial charge in [0.05, 0.1) is 0 Å². The summed E-state index contributed by atoms with van der Waals surface area (Å²) in [5, 5.41) is 24.4. The minimum absolute atomic E-state index is 0.128. The van der Waals surface area contributed by atoms with Gasteiger partial charge >= 0.3 is 0 Å². The smallest absolute Gasteiger partial charge is 0.118 e. The molecule has 17 heavy (non-hydrogen) atoms. The monoisotopic (exact) mass is 237 g/mol. The van der Waals surface area contributed by atoms with Crippen molar-refractivity contribution >= 4 is 5.71 Å². The Bertz CT molecular complexity index is 378. The molecule has 3 nitrogen and oxygen atoms in total. The third-order valence-corrected chi connectivity index (χ3v) is 2.25. The van der Waals surface area contributed by atoms with Crippen molar-refractivity contribution in [1.29, 1.82) is 5.41 Å². The van der Waals surface area contributed by atoms with E-state index in [-0.39, 0.29) is 5.41 Å². The van der Waals surface area contributed by atoms with E-state index in [9.17, 15) is 5.11 Å². The lowest BCUT2D eigenvalue weighted by molar-refractivity contribution is 0.399. The Morgan fingerprint density at radius 3 is 2.18 bits per heavy atom. The highest BCUT2D eigenvalue weighted by Crippen LogP contribution is 2.23. The van der Waals surface area contributed by atoms with Crippen molar-refractivity contribution in [2.75, 3.05) is 7.11 Å². The van der Waals surface area contributed by atoms with Crippen LogP contribution in [0.2, 0.25) is 0 Å². The molecule has 0 unspecified atom stereocenters. The van der Waals surface area contributed by atoms with Crippen LogP contribution in [0.15, 0.2) is 18.2 Å². The second-order valence-corrected chi connectivity index (χ2v) is 5.22. The van der Waals surface area contributed by atoms with Gasteiger partial charge in [-0.1, -0.05) is 20.8 Å². The third-order valence-electron chi connectivity index (χ3n) is 2.25. The lowest BCUT2D eigenvalue weighted by Gasteiger charge is -2.18. The molecule has 0 fully saturated rings. The molecule has 0 saturated heterocycles. The van der Waals surface area contributed by atoms with Crippen molar-refractivity contribution in [2.24, 2.45) is 5.41 Å². The molecule has 0 saturated carbocycles. The molecule has 0 amide bonds. The maximum atomic E-state index is 9.39. The van der Waals surface area contributed by atoms with E-state index in [0.717, 1.165) is 24.7 Å². The minimum Gasteiger partial charge on any atom is -0.508 e. The average Bonchev–Trinajstić information content (AvgIpc) is 2.22. The van der Waals surface area contributed by atoms with Gasteiger partial charge in [-0.25, -0.2) is 0 Å². The second-order valence-electron chi connectivity index (χ2n) is 5.22. The van der Waals surface area contributed by atoms with Gasteiger partial charge in [0.2, 0.25) is 0 Å². The highest BCUT2D eigenvalue weighted by molar-refractivity contribution is 5.98. The number of phenols is 1. The highest BCUT2D eigenvalue weighted by Gasteiger charge is 2.14. The van der Waals surface area contributed by atoms with E-state index in [4.69, 9.17) is 10.5 Å². The van der Waals surface area contributed by atoms with Crippen molar-refractivity contribution in [3.05, 3.63) is 29.3 Å². The predicted molar refractivity (Wildman–Crippen MR) is 71.9 cm³/mol. The summed E-state index contributed by atoms with van der Waals surface area (Å²) in [6.07, 6.45) is 0.747. The number of aliphatic hydroxyl groups is 1. The molecule has 0 radical (unpaired) electrons. The zero-order valence-corrected chi connectivity index (χ0v) is 11.3. The first-order chi connectivity index (χ1) is 7.79. The van der Waals surface area contributed by atoms with Gasteiger partial charge in [-0.15, -0.1) is 0 Å². The Kier molecular flexibility index (Phi) is 5.89. The first kappa shape index (κ1) is 15.7. The molecule has 96 valence electrons. The normalized spacial score (nSPS) is 10.5. The quantitative estimate of drug-likeness (QED) is 0.692. The maximum absolute atomic E-state index is 9.39. The van der Waals surface area contributed by atoms with E-state index >= 15 is 0 Å². The number of aliphatic hydroxyl groups excluding tert-OH is 1. The van der Waals surface area contributed by atoms with E-state index in [2.05, 4.69) is 20.8 Å². The molecular formula is C14H23NO2. The third kappa shape index (κ3) is 5.50. The molecule has 1 aromatic rings. The van der Waals surface area contributed by atoms with Crippen LogP contribution in [0.25, 0.3) is 0 Å². The van der Waals surface area contributed by atoms with Crippen LogP contribution in [-0.4, -0.2) is 23.0 Å². The summed E-state index contributed by atoms with van der Waals surface area (Å²) in [5.41, 5.74) is 2.49. The summed E-state index contributed by atoms with van der Waals surface area (Å²) in [6, 6.07) is 5.32. The second kappa shape index (κ2) is 6.40. The molecule has 0 atom stereocenters. The van der Waals surface area contributed by atoms with Crippen LogP contribution in [0.1, 0.15) is 38.3 Å². The van der Waals surface area contributed by atoms with Gasteiger partial charge in [0.15, 0.2) is 0 Å². The van der Waals surface area contributed by atoms with Gasteiger partial charge < -0.3 is 15.6 Å². The number of aryl methyl sites for hydroxylation is 1. The fourth-order valence-electron chi connectivity index (χ4n) is 1.48. The van der Waals surface area contributed by atoms with Gasteiger partial charge in [0, 0.05) is 12.8 Å². The fraction of sp³-hybridized carbons (Fsp3) is 0.500. The summed E-state index contributed by atoms with van der Waals surface area (Å²) in [4.78, 5) is 0. The standard InChI is InChI=1S/C13H19NO.CH4O/c1-9-7-10(5-6-12(9)15)11(14)8-13(2,3)4;1-2/h5-7,14-15H,8H2,1-4H3;2H,1H3. The van der Waals surface area contributed by atoms with Crippen LogP contribution < -0.4 is 0 Å². The topological polar surface area (TPSA) is 64.3 Å². The Morgan fingerprint density at radius 2 is 1.76 bits per heavy atom. The molecule has 0 spiro atoms. The largest absolute Gasteiger partial charge is 0.508 e. The molecule has 0 aliphatic carbocycles. The van der Waals surface area contributed by atoms with Gasteiger partial charge in [0.25, 0.3) is 0 Å². The zero-order valence-electron chi connectivity index (χ0n) is 11.3. The Balaban J connectivity index is 0.00000121. The number of aromatic hydroxyl groups is 1. The van der Waals surface area contributed by atoms with Gasteiger partial charge in [-0.05, 0) is 48.1 Å². The van der Waals surface area contributed by atoms with Crippen molar-refractivity contribution in [1.82, 2.24) is 0 Å². The fourth-order valence-corrected chi connectivity index (χ4v) is 1.48. The zero-order chi connectivity index (χ0) is 13.6. The van der Waals surface area contributed by atoms with Gasteiger partial charge in [-0.2, -0.15) is 0 Å². The predicted octanol–water partition coefficient (Wildman–Crippen LogP) is 3.11. The van der Waals surface area contributed by atoms with E-state index in [0.29, 0.717) is 11.5 Å². The average molecular weight is 237 g/mol. The summed E-state index contributed by atoms with van der Waals surface area (Å²) in [5.74, 6) is 0.294. The molecule has 3 N–H and O–H groups in total. The van der Waals surface area contributed by atoms with E-state index in [1.165, 1.54) is 0 Å². The van der Waals surface area contributed by atoms with E-state index < -0.39 is 0 Å². The van der Waals surface area contributed by atoms with Crippen LogP contribution in [0.4, 0.5) is 0 Å². The molecule has 3 heteroatoms. The number of benzene rings is 1. The number of nitrogens with one attached hydrogen (secondary N) is 1. The van der Waals surface area contributed by atoms with Crippen LogP contribution in [0.5, 0.6) is 5.75 Å². The van der Waals surface area contributed by atoms with Crippen molar-refractivity contribution in [3.8, 4) is 5.75 Å². The maximum Gasteiger partial charge on any atom is 0.118 e. The number of rotatable bonds is 2. The van der Waals surface area contributed by atoms with Gasteiger partial charge in [0.1, 0.15) is 5.75 Å². The summed E-state index contributed by atoms with van der Waals surface area (Å²) < 4.78 is 0. The number of hydrogen-bond donors (Lipinski definition) is 3. The van der Waals surface area contributed by atoms with Gasteiger partial charge in [-0.3, -0.25) is 0 Å². The van der Waals surface area contributed by atoms with E-state index in [1.54, 1.807) is 12.1 Å². The first-order valence-electron chi connectivity index (χ1n) is 5.62. The Morgan fingerprint density at radius 1 is 1.24 bits per heavy atom. The molecule has 1 rings (SSSR count). The highest BCUT2D eigenvalue weighted by atomic mass is 16.3. The lowest BCUT2D eigenvalue weighted by Crippen LogP contribution is -2.13. The molecule has 0 aliphatic rings. The molecule has 0 heterocycles. The number of hydrogen-bond acceptors (Lipinski definition) is 3. The van der Waals surface area contributed by atoms with E-state index in [1.807, 2.05) is 13.0 Å². The summed E-state index contributed by atoms with van der Waals surface area (Å²) in [6.45, 7) is 8.21. The van der Waals surface area contributed by atoms with Crippen molar-refractivity contribution in [2.45, 2.75) is 34.1 Å². The van der Waals surface area contributed by atoms with Crippen molar-refractivity contribution < 1.29 is 10.2 Å². The Labute approximate surface area is 104 Å². The summed E-state index contributed by atoms with van der Waals surface area (Å²) in [7, 11) is 1.00. The number of phenolic OH excluding ortho intramolecular Hbond substituents is 1. The molecule has 0 aliphatic heterocycles. The van der Waals surface area contributed by atoms with Crippen molar-refractivity contribution in [3.63, 3.8) is 0 Å². The SMILES string of the molecule is CO.Cc1cc(C(=N)CC(C)(C)C)ccc1O. The molecular weight excluding hydrogens is 214 g/mol. The Hall–Kier alpha value is -1.35.